The summed E-state index contributed by atoms with van der Waals surface area (Å²) in [5, 5.41) is 22.2. The molecule has 0 heterocycles. The summed E-state index contributed by atoms with van der Waals surface area (Å²) in [4.78, 5) is 0. The Morgan fingerprint density at radius 2 is 0.810 bits per heavy atom. The molecule has 0 saturated heterocycles. The van der Waals surface area contributed by atoms with Gasteiger partial charge in [0.2, 0.25) is 0 Å². The minimum atomic E-state index is -0.309. The molecule has 0 aromatic heterocycles. The molecular formula is C12H4Cl6O2Zn. The van der Waals surface area contributed by atoms with Crippen LogP contribution in [-0.4, -0.2) is 0 Å². The second kappa shape index (κ2) is 9.52. The molecular weight excluding hydrogens is 454 g/mol. The zero-order valence-corrected chi connectivity index (χ0v) is 17.6. The van der Waals surface area contributed by atoms with Gasteiger partial charge in [0.15, 0.2) is 0 Å². The molecule has 108 valence electrons. The van der Waals surface area contributed by atoms with E-state index in [1.54, 1.807) is 0 Å². The summed E-state index contributed by atoms with van der Waals surface area (Å²) in [6.45, 7) is 0. The third kappa shape index (κ3) is 5.84. The van der Waals surface area contributed by atoms with Crippen molar-refractivity contribution >= 4 is 69.6 Å². The van der Waals surface area contributed by atoms with Gasteiger partial charge in [0.25, 0.3) is 0 Å². The molecule has 0 fully saturated rings. The molecule has 2 nitrogen and oxygen atoms in total. The first-order chi connectivity index (χ1) is 9.25. The van der Waals surface area contributed by atoms with Crippen LogP contribution in [0.2, 0.25) is 30.1 Å². The smallest absolute Gasteiger partial charge is 0.871 e. The van der Waals surface area contributed by atoms with Gasteiger partial charge < -0.3 is 10.2 Å². The molecule has 9 heteroatoms. The van der Waals surface area contributed by atoms with E-state index < -0.39 is 0 Å². The van der Waals surface area contributed by atoms with E-state index in [1.165, 1.54) is 24.3 Å². The molecule has 2 rings (SSSR count). The molecule has 0 N–H and O–H groups in total. The Morgan fingerprint density at radius 1 is 0.524 bits per heavy atom. The molecule has 0 unspecified atom stereocenters. The SMILES string of the molecule is [O-]c1ccc(Cl)c(Cl)c1Cl.[O-]c1ccc(Cl)c(Cl)c1Cl.[Zn+2]. The predicted molar refractivity (Wildman–Crippen MR) is 81.8 cm³/mol. The van der Waals surface area contributed by atoms with Gasteiger partial charge >= 0.3 is 19.5 Å². The predicted octanol–water partition coefficient (Wildman–Crippen LogP) is 5.44. The molecule has 0 bridgehead atoms. The van der Waals surface area contributed by atoms with Crippen LogP contribution in [0.4, 0.5) is 0 Å². The van der Waals surface area contributed by atoms with Gasteiger partial charge in [-0.05, 0) is 12.1 Å². The Morgan fingerprint density at radius 3 is 1.05 bits per heavy atom. The molecule has 0 atom stereocenters. The molecule has 0 spiro atoms. The maximum absolute atomic E-state index is 10.7. The van der Waals surface area contributed by atoms with Gasteiger partial charge in [0.1, 0.15) is 0 Å². The number of hydrogen-bond acceptors (Lipinski definition) is 2. The van der Waals surface area contributed by atoms with Gasteiger partial charge in [-0.3, -0.25) is 0 Å². The quantitative estimate of drug-likeness (QED) is 0.390. The summed E-state index contributed by atoms with van der Waals surface area (Å²) in [6, 6.07) is 5.38. The molecule has 0 aliphatic rings. The maximum Gasteiger partial charge on any atom is 2.00 e. The van der Waals surface area contributed by atoms with Gasteiger partial charge in [0, 0.05) is 0 Å². The van der Waals surface area contributed by atoms with Crippen molar-refractivity contribution in [3.8, 4) is 11.5 Å². The summed E-state index contributed by atoms with van der Waals surface area (Å²) >= 11 is 33.0. The minimum absolute atomic E-state index is 0. The van der Waals surface area contributed by atoms with Crippen LogP contribution in [0.15, 0.2) is 24.3 Å². The zero-order valence-electron chi connectivity index (χ0n) is 10.1. The average Bonchev–Trinajstić information content (AvgIpc) is 2.43. The summed E-state index contributed by atoms with van der Waals surface area (Å²) < 4.78 is 0. The van der Waals surface area contributed by atoms with Gasteiger partial charge in [-0.25, -0.2) is 0 Å². The van der Waals surface area contributed by atoms with E-state index in [1.807, 2.05) is 0 Å². The standard InChI is InChI=1S/2C6H3Cl3O.Zn/c2*7-3-1-2-4(10)6(9)5(3)8;/h2*1-2,10H;/q;;+2/p-2. The van der Waals surface area contributed by atoms with E-state index in [0.717, 1.165) is 0 Å². The van der Waals surface area contributed by atoms with Crippen LogP contribution in [-0.2, 0) is 19.5 Å². The third-order valence-electron chi connectivity index (χ3n) is 2.00. The molecule has 0 aliphatic heterocycles. The van der Waals surface area contributed by atoms with Crippen molar-refractivity contribution in [3.05, 3.63) is 54.4 Å². The molecule has 0 aliphatic carbocycles. The first kappa shape index (κ1) is 21.4. The Kier molecular flexibility index (Phi) is 9.70. The number of halogens is 6. The van der Waals surface area contributed by atoms with Crippen molar-refractivity contribution in [1.29, 1.82) is 0 Å². The summed E-state index contributed by atoms with van der Waals surface area (Å²) in [5.41, 5.74) is 0. The van der Waals surface area contributed by atoms with E-state index in [-0.39, 0.29) is 51.1 Å². The van der Waals surface area contributed by atoms with Gasteiger partial charge in [-0.15, -0.1) is 0 Å². The largest absolute Gasteiger partial charge is 2.00 e. The topological polar surface area (TPSA) is 46.1 Å². The van der Waals surface area contributed by atoms with Crippen LogP contribution in [0, 0.1) is 0 Å². The normalized spacial score (nSPS) is 9.43. The summed E-state index contributed by atoms with van der Waals surface area (Å²) in [6.07, 6.45) is 0. The second-order valence-corrected chi connectivity index (χ2v) is 5.67. The van der Waals surface area contributed by atoms with Crippen LogP contribution in [0.5, 0.6) is 11.5 Å². The zero-order chi connectivity index (χ0) is 15.4. The Hall–Kier alpha value is 0.403. The van der Waals surface area contributed by atoms with Gasteiger partial charge in [-0.2, -0.15) is 0 Å². The van der Waals surface area contributed by atoms with Crippen LogP contribution in [0.3, 0.4) is 0 Å². The average molecular weight is 458 g/mol. The van der Waals surface area contributed by atoms with E-state index in [4.69, 9.17) is 69.6 Å². The first-order valence-corrected chi connectivity index (χ1v) is 7.13. The summed E-state index contributed by atoms with van der Waals surface area (Å²) in [5.74, 6) is -0.618. The van der Waals surface area contributed by atoms with Crippen molar-refractivity contribution in [3.63, 3.8) is 0 Å². The maximum atomic E-state index is 10.7. The monoisotopic (exact) mass is 454 g/mol. The Labute approximate surface area is 164 Å². The molecule has 0 saturated carbocycles. The van der Waals surface area contributed by atoms with Crippen molar-refractivity contribution in [2.45, 2.75) is 0 Å². The van der Waals surface area contributed by atoms with Gasteiger partial charge in [0.05, 0.1) is 30.1 Å². The van der Waals surface area contributed by atoms with Crippen molar-refractivity contribution in [2.75, 3.05) is 0 Å². The van der Waals surface area contributed by atoms with E-state index in [0.29, 0.717) is 10.0 Å². The van der Waals surface area contributed by atoms with Crippen molar-refractivity contribution in [1.82, 2.24) is 0 Å². The third-order valence-corrected chi connectivity index (χ3v) is 4.55. The molecule has 2 aromatic carbocycles. The van der Waals surface area contributed by atoms with Crippen LogP contribution >= 0.6 is 69.6 Å². The Bertz CT molecular complexity index is 526. The molecule has 21 heavy (non-hydrogen) atoms. The van der Waals surface area contributed by atoms with E-state index >= 15 is 0 Å². The van der Waals surface area contributed by atoms with Gasteiger partial charge in [-0.1, -0.05) is 93.2 Å². The molecule has 0 amide bonds. The van der Waals surface area contributed by atoms with Crippen LogP contribution < -0.4 is 10.2 Å². The van der Waals surface area contributed by atoms with Crippen LogP contribution in [0.1, 0.15) is 0 Å². The fraction of sp³-hybridized carbons (Fsp3) is 0. The number of hydrogen-bond donors (Lipinski definition) is 0. The van der Waals surface area contributed by atoms with Crippen LogP contribution in [0.25, 0.3) is 0 Å². The fourth-order valence-electron chi connectivity index (χ4n) is 1.02. The van der Waals surface area contributed by atoms with E-state index in [2.05, 4.69) is 0 Å². The second-order valence-electron chi connectivity index (χ2n) is 3.35. The number of rotatable bonds is 0. The van der Waals surface area contributed by atoms with E-state index in [9.17, 15) is 10.2 Å². The summed E-state index contributed by atoms with van der Waals surface area (Å²) in [7, 11) is 0. The number of benzene rings is 2. The fourth-order valence-corrected chi connectivity index (χ4v) is 2.07. The Balaban J connectivity index is 0.000000364. The van der Waals surface area contributed by atoms with Crippen molar-refractivity contribution in [2.24, 2.45) is 0 Å². The molecule has 2 aromatic rings. The molecule has 0 radical (unpaired) electrons. The minimum Gasteiger partial charge on any atom is -0.871 e. The van der Waals surface area contributed by atoms with Crippen molar-refractivity contribution < 1.29 is 29.7 Å². The first-order valence-electron chi connectivity index (χ1n) is 4.86.